The standard InChI is InChI=1S/C22H22N4O3S3/c1-14-11-19(27)23-17-5-3-4-6-18(17)26(14)20(28)13-31-22-25-24-21(32-22)30-12-15-7-9-16(29-2)10-8-15/h3-10,14H,11-13H2,1-2H3,(H,23,27). The van der Waals surface area contributed by atoms with Crippen molar-refractivity contribution in [3.8, 4) is 5.75 Å². The van der Waals surface area contributed by atoms with Crippen LogP contribution in [-0.2, 0) is 15.3 Å². The molecule has 166 valence electrons. The van der Waals surface area contributed by atoms with Crippen molar-refractivity contribution in [1.82, 2.24) is 10.2 Å². The van der Waals surface area contributed by atoms with E-state index in [-0.39, 0.29) is 30.0 Å². The Labute approximate surface area is 198 Å². The molecule has 0 fully saturated rings. The molecule has 2 aromatic carbocycles. The fraction of sp³-hybridized carbons (Fsp3) is 0.273. The van der Waals surface area contributed by atoms with Gasteiger partial charge in [-0.2, -0.15) is 0 Å². The van der Waals surface area contributed by atoms with Crippen LogP contribution in [0.25, 0.3) is 0 Å². The minimum absolute atomic E-state index is 0.0610. The number of hydrogen-bond acceptors (Lipinski definition) is 8. The van der Waals surface area contributed by atoms with E-state index in [0.29, 0.717) is 5.69 Å². The highest BCUT2D eigenvalue weighted by Crippen LogP contribution is 2.34. The highest BCUT2D eigenvalue weighted by Gasteiger charge is 2.29. The van der Waals surface area contributed by atoms with Crippen molar-refractivity contribution in [1.29, 1.82) is 0 Å². The maximum Gasteiger partial charge on any atom is 0.237 e. The van der Waals surface area contributed by atoms with Gasteiger partial charge in [0.05, 0.1) is 24.2 Å². The summed E-state index contributed by atoms with van der Waals surface area (Å²) in [6.07, 6.45) is 0.260. The first-order valence-corrected chi connectivity index (χ1v) is 12.7. The van der Waals surface area contributed by atoms with Crippen LogP contribution < -0.4 is 15.0 Å². The summed E-state index contributed by atoms with van der Waals surface area (Å²) in [5.41, 5.74) is 2.56. The number of rotatable bonds is 7. The molecule has 1 atom stereocenters. The number of hydrogen-bond donors (Lipinski definition) is 1. The third-order valence-corrected chi connectivity index (χ3v) is 8.10. The molecule has 2 amide bonds. The molecular formula is C22H22N4O3S3. The van der Waals surface area contributed by atoms with Gasteiger partial charge in [0.1, 0.15) is 5.75 Å². The van der Waals surface area contributed by atoms with Crippen molar-refractivity contribution in [3.05, 3.63) is 54.1 Å². The molecule has 0 aliphatic carbocycles. The first kappa shape index (κ1) is 22.6. The maximum absolute atomic E-state index is 13.1. The molecule has 0 saturated carbocycles. The molecule has 0 bridgehead atoms. The molecule has 1 unspecified atom stereocenters. The fourth-order valence-electron chi connectivity index (χ4n) is 3.34. The fourth-order valence-corrected chi connectivity index (χ4v) is 6.18. The van der Waals surface area contributed by atoms with Crippen LogP contribution in [0.3, 0.4) is 0 Å². The molecular weight excluding hydrogens is 464 g/mol. The van der Waals surface area contributed by atoms with Gasteiger partial charge in [-0.1, -0.05) is 59.1 Å². The first-order valence-electron chi connectivity index (χ1n) is 9.96. The Morgan fingerprint density at radius 2 is 1.88 bits per heavy atom. The topological polar surface area (TPSA) is 84.4 Å². The number of fused-ring (bicyclic) bond motifs is 1. The number of nitrogens with zero attached hydrogens (tertiary/aromatic N) is 3. The van der Waals surface area contributed by atoms with Crippen LogP contribution in [-0.4, -0.2) is 40.9 Å². The molecule has 1 N–H and O–H groups in total. The van der Waals surface area contributed by atoms with Crippen molar-refractivity contribution in [2.75, 3.05) is 23.1 Å². The third-order valence-electron chi connectivity index (χ3n) is 4.86. The summed E-state index contributed by atoms with van der Waals surface area (Å²) >= 11 is 4.47. The molecule has 10 heteroatoms. The molecule has 7 nitrogen and oxygen atoms in total. The van der Waals surface area contributed by atoms with Crippen molar-refractivity contribution in [2.45, 2.75) is 33.8 Å². The van der Waals surface area contributed by atoms with Crippen LogP contribution in [0.2, 0.25) is 0 Å². The summed E-state index contributed by atoms with van der Waals surface area (Å²) in [6.45, 7) is 1.89. The molecule has 0 radical (unpaired) electrons. The molecule has 1 aromatic heterocycles. The number of carbonyl (C=O) groups excluding carboxylic acids is 2. The summed E-state index contributed by atoms with van der Waals surface area (Å²) in [7, 11) is 1.65. The number of benzene rings is 2. The van der Waals surface area contributed by atoms with E-state index < -0.39 is 0 Å². The molecule has 1 aliphatic rings. The van der Waals surface area contributed by atoms with Gasteiger partial charge >= 0.3 is 0 Å². The number of para-hydroxylation sites is 2. The Hall–Kier alpha value is -2.56. The van der Waals surface area contributed by atoms with Gasteiger partial charge in [0.15, 0.2) is 8.68 Å². The summed E-state index contributed by atoms with van der Waals surface area (Å²) in [6, 6.07) is 15.1. The van der Waals surface area contributed by atoms with Crippen molar-refractivity contribution in [2.24, 2.45) is 0 Å². The minimum atomic E-state index is -0.225. The Bertz CT molecular complexity index is 1100. The van der Waals surface area contributed by atoms with Crippen LogP contribution in [0.5, 0.6) is 5.75 Å². The van der Waals surface area contributed by atoms with E-state index >= 15 is 0 Å². The zero-order valence-electron chi connectivity index (χ0n) is 17.6. The Morgan fingerprint density at radius 3 is 2.62 bits per heavy atom. The van der Waals surface area contributed by atoms with Crippen LogP contribution in [0.15, 0.2) is 57.2 Å². The second-order valence-corrected chi connectivity index (χ2v) is 10.6. The van der Waals surface area contributed by atoms with E-state index in [2.05, 4.69) is 15.5 Å². The Balaban J connectivity index is 1.36. The van der Waals surface area contributed by atoms with Crippen LogP contribution >= 0.6 is 34.9 Å². The first-order chi connectivity index (χ1) is 15.5. The molecule has 0 spiro atoms. The number of anilines is 2. The van der Waals surface area contributed by atoms with E-state index in [0.717, 1.165) is 25.9 Å². The number of thioether (sulfide) groups is 2. The predicted molar refractivity (Wildman–Crippen MR) is 130 cm³/mol. The zero-order valence-corrected chi connectivity index (χ0v) is 20.1. The summed E-state index contributed by atoms with van der Waals surface area (Å²) < 4.78 is 6.79. The number of amides is 2. The molecule has 2 heterocycles. The summed E-state index contributed by atoms with van der Waals surface area (Å²) in [4.78, 5) is 26.9. The number of methoxy groups -OCH3 is 1. The zero-order chi connectivity index (χ0) is 22.5. The van der Waals surface area contributed by atoms with E-state index in [4.69, 9.17) is 4.74 Å². The minimum Gasteiger partial charge on any atom is -0.497 e. The lowest BCUT2D eigenvalue weighted by Crippen LogP contribution is -2.40. The van der Waals surface area contributed by atoms with Gasteiger partial charge < -0.3 is 15.0 Å². The van der Waals surface area contributed by atoms with E-state index in [9.17, 15) is 9.59 Å². The molecule has 1 aliphatic heterocycles. The molecule has 32 heavy (non-hydrogen) atoms. The summed E-state index contributed by atoms with van der Waals surface area (Å²) in [5.74, 6) is 1.69. The van der Waals surface area contributed by atoms with E-state index in [1.165, 1.54) is 28.7 Å². The number of ether oxygens (including phenoxy) is 1. The SMILES string of the molecule is COc1ccc(CSc2nnc(SCC(=O)N3c4ccccc4NC(=O)CC3C)s2)cc1. The van der Waals surface area contributed by atoms with Crippen LogP contribution in [0.4, 0.5) is 11.4 Å². The van der Waals surface area contributed by atoms with Gasteiger partial charge in [-0.25, -0.2) is 0 Å². The quantitative estimate of drug-likeness (QED) is 0.485. The van der Waals surface area contributed by atoms with Crippen molar-refractivity contribution in [3.63, 3.8) is 0 Å². The lowest BCUT2D eigenvalue weighted by Gasteiger charge is -2.27. The van der Waals surface area contributed by atoms with Gasteiger partial charge in [-0.05, 0) is 36.8 Å². The molecule has 4 rings (SSSR count). The van der Waals surface area contributed by atoms with Gasteiger partial charge in [-0.3, -0.25) is 9.59 Å². The normalized spacial score (nSPS) is 15.6. The lowest BCUT2D eigenvalue weighted by atomic mass is 10.2. The van der Waals surface area contributed by atoms with Crippen LogP contribution in [0, 0.1) is 0 Å². The Morgan fingerprint density at radius 1 is 1.16 bits per heavy atom. The largest absolute Gasteiger partial charge is 0.497 e. The molecule has 0 saturated heterocycles. The van der Waals surface area contributed by atoms with Crippen molar-refractivity contribution < 1.29 is 14.3 Å². The molecule has 3 aromatic rings. The number of aromatic nitrogens is 2. The number of nitrogens with one attached hydrogen (secondary N) is 1. The average molecular weight is 487 g/mol. The van der Waals surface area contributed by atoms with Crippen molar-refractivity contribution >= 4 is 58.0 Å². The highest BCUT2D eigenvalue weighted by atomic mass is 32.2. The van der Waals surface area contributed by atoms with Gasteiger partial charge in [0.25, 0.3) is 0 Å². The van der Waals surface area contributed by atoms with Gasteiger partial charge in [0, 0.05) is 18.2 Å². The van der Waals surface area contributed by atoms with Crippen LogP contribution in [0.1, 0.15) is 18.9 Å². The third kappa shape index (κ3) is 5.43. The van der Waals surface area contributed by atoms with Gasteiger partial charge in [-0.15, -0.1) is 10.2 Å². The predicted octanol–water partition coefficient (Wildman–Crippen LogP) is 4.70. The second-order valence-electron chi connectivity index (χ2n) is 7.14. The number of carbonyl (C=O) groups is 2. The second kappa shape index (κ2) is 10.4. The lowest BCUT2D eigenvalue weighted by molar-refractivity contribution is -0.117. The summed E-state index contributed by atoms with van der Waals surface area (Å²) in [5, 5.41) is 11.3. The maximum atomic E-state index is 13.1. The smallest absolute Gasteiger partial charge is 0.237 e. The van der Waals surface area contributed by atoms with E-state index in [1.807, 2.05) is 55.5 Å². The monoisotopic (exact) mass is 486 g/mol. The van der Waals surface area contributed by atoms with E-state index in [1.54, 1.807) is 23.8 Å². The van der Waals surface area contributed by atoms with Gasteiger partial charge in [0.2, 0.25) is 11.8 Å². The Kier molecular flexibility index (Phi) is 7.33. The average Bonchev–Trinajstić information content (AvgIpc) is 3.20. The highest BCUT2D eigenvalue weighted by molar-refractivity contribution is 8.03.